The average molecular weight is 550 g/mol. The summed E-state index contributed by atoms with van der Waals surface area (Å²) in [4.78, 5) is 24.6. The van der Waals surface area contributed by atoms with Crippen LogP contribution in [0.3, 0.4) is 0 Å². The molecule has 0 bridgehead atoms. The monoisotopic (exact) mass is 548 g/mol. The highest BCUT2D eigenvalue weighted by atomic mass is 79.9. The first-order chi connectivity index (χ1) is 15.9. The average Bonchev–Trinajstić information content (AvgIpc) is 2.80. The van der Waals surface area contributed by atoms with Crippen LogP contribution in [0.5, 0.6) is 11.5 Å². The van der Waals surface area contributed by atoms with Crippen LogP contribution in [0.1, 0.15) is 29.3 Å². The normalized spacial score (nSPS) is 11.8. The number of nitrogens with one attached hydrogen (secondary N) is 1. The molecule has 0 aliphatic carbocycles. The predicted molar refractivity (Wildman–Crippen MR) is 132 cm³/mol. The summed E-state index contributed by atoms with van der Waals surface area (Å²) >= 11 is 15.3. The van der Waals surface area contributed by atoms with Crippen LogP contribution >= 0.6 is 39.1 Å². The van der Waals surface area contributed by atoms with Gasteiger partial charge in [-0.1, -0.05) is 46.1 Å². The van der Waals surface area contributed by atoms with Gasteiger partial charge in [-0.2, -0.15) is 5.10 Å². The van der Waals surface area contributed by atoms with Crippen LogP contribution in [0.4, 0.5) is 0 Å². The number of hydrogen-bond acceptors (Lipinski definition) is 5. The summed E-state index contributed by atoms with van der Waals surface area (Å²) in [6.45, 7) is 1.81. The van der Waals surface area contributed by atoms with Crippen molar-refractivity contribution < 1.29 is 19.1 Å². The molecular formula is C24H19BrCl2N2O4. The van der Waals surface area contributed by atoms with E-state index in [1.807, 2.05) is 6.92 Å². The van der Waals surface area contributed by atoms with E-state index >= 15 is 0 Å². The smallest absolute Gasteiger partial charge is 0.343 e. The van der Waals surface area contributed by atoms with Crippen molar-refractivity contribution in [1.29, 1.82) is 0 Å². The molecule has 0 heterocycles. The van der Waals surface area contributed by atoms with Gasteiger partial charge in [-0.15, -0.1) is 0 Å². The second-order valence-corrected chi connectivity index (χ2v) is 8.55. The summed E-state index contributed by atoms with van der Waals surface area (Å²) in [5, 5.41) is 4.76. The molecule has 0 saturated heterocycles. The Kier molecular flexibility index (Phi) is 8.88. The second kappa shape index (κ2) is 11.8. The SMILES string of the molecule is CCC(Oc1ccc(Cl)cc1Cl)C(=O)N/N=C/c1ccc(OC(=O)c2ccc(Br)cc2)cc1. The maximum atomic E-state index is 12.4. The summed E-state index contributed by atoms with van der Waals surface area (Å²) in [7, 11) is 0. The number of esters is 1. The van der Waals surface area contributed by atoms with Gasteiger partial charge < -0.3 is 9.47 Å². The molecule has 9 heteroatoms. The number of amides is 1. The number of halogens is 3. The van der Waals surface area contributed by atoms with Crippen molar-refractivity contribution in [3.05, 3.63) is 92.4 Å². The van der Waals surface area contributed by atoms with Crippen molar-refractivity contribution in [3.63, 3.8) is 0 Å². The third-order valence-electron chi connectivity index (χ3n) is 4.39. The number of carbonyl (C=O) groups is 2. The number of hydrazone groups is 1. The van der Waals surface area contributed by atoms with Crippen LogP contribution < -0.4 is 14.9 Å². The molecule has 0 radical (unpaired) electrons. The fourth-order valence-corrected chi connectivity index (χ4v) is 3.38. The standard InChI is InChI=1S/C24H19BrCl2N2O4/c1-2-21(33-22-12-9-18(26)13-20(22)27)23(30)29-28-14-15-3-10-19(11-4-15)32-24(31)16-5-7-17(25)8-6-16/h3-14,21H,2H2,1H3,(H,29,30)/b28-14+. The van der Waals surface area contributed by atoms with Gasteiger partial charge in [-0.05, 0) is 78.7 Å². The third kappa shape index (κ3) is 7.32. The van der Waals surface area contributed by atoms with Gasteiger partial charge in [0.15, 0.2) is 6.10 Å². The van der Waals surface area contributed by atoms with Crippen LogP contribution in [0, 0.1) is 0 Å². The fourth-order valence-electron chi connectivity index (χ4n) is 2.66. The van der Waals surface area contributed by atoms with Gasteiger partial charge in [0, 0.05) is 9.50 Å². The first-order valence-electron chi connectivity index (χ1n) is 9.88. The number of rotatable bonds is 8. The number of ether oxygens (including phenoxy) is 2. The van der Waals surface area contributed by atoms with Gasteiger partial charge in [0.1, 0.15) is 11.5 Å². The van der Waals surface area contributed by atoms with Gasteiger partial charge in [0.2, 0.25) is 0 Å². The highest BCUT2D eigenvalue weighted by molar-refractivity contribution is 9.10. The predicted octanol–water partition coefficient (Wildman–Crippen LogP) is 6.28. The number of carbonyl (C=O) groups excluding carboxylic acids is 2. The van der Waals surface area contributed by atoms with E-state index in [9.17, 15) is 9.59 Å². The lowest BCUT2D eigenvalue weighted by Crippen LogP contribution is -2.35. The highest BCUT2D eigenvalue weighted by Crippen LogP contribution is 2.28. The Bertz CT molecular complexity index is 1150. The fraction of sp³-hybridized carbons (Fsp3) is 0.125. The summed E-state index contributed by atoms with van der Waals surface area (Å²) in [6.07, 6.45) is 1.11. The molecule has 1 unspecified atom stereocenters. The van der Waals surface area contributed by atoms with Crippen molar-refractivity contribution >= 4 is 57.2 Å². The van der Waals surface area contributed by atoms with Gasteiger partial charge in [0.05, 0.1) is 16.8 Å². The van der Waals surface area contributed by atoms with Crippen molar-refractivity contribution in [2.75, 3.05) is 0 Å². The first-order valence-corrected chi connectivity index (χ1v) is 11.4. The van der Waals surface area contributed by atoms with Crippen LogP contribution in [0.25, 0.3) is 0 Å². The second-order valence-electron chi connectivity index (χ2n) is 6.79. The molecule has 0 aliphatic heterocycles. The van der Waals surface area contributed by atoms with E-state index in [2.05, 4.69) is 26.5 Å². The summed E-state index contributed by atoms with van der Waals surface area (Å²) in [5.74, 6) is -0.119. The highest BCUT2D eigenvalue weighted by Gasteiger charge is 2.19. The zero-order valence-corrected chi connectivity index (χ0v) is 20.5. The van der Waals surface area contributed by atoms with Crippen LogP contribution in [0.2, 0.25) is 10.0 Å². The van der Waals surface area contributed by atoms with Crippen molar-refractivity contribution in [3.8, 4) is 11.5 Å². The van der Waals surface area contributed by atoms with Crippen LogP contribution in [0.15, 0.2) is 76.3 Å². The number of nitrogens with zero attached hydrogens (tertiary/aromatic N) is 1. The third-order valence-corrected chi connectivity index (χ3v) is 5.44. The molecule has 0 spiro atoms. The van der Waals surface area contributed by atoms with Crippen LogP contribution in [-0.2, 0) is 4.79 Å². The molecule has 170 valence electrons. The Morgan fingerprint density at radius 2 is 1.76 bits per heavy atom. The Morgan fingerprint density at radius 1 is 1.06 bits per heavy atom. The molecule has 6 nitrogen and oxygen atoms in total. The topological polar surface area (TPSA) is 77.0 Å². The van der Waals surface area contributed by atoms with E-state index in [0.717, 1.165) is 4.47 Å². The van der Waals surface area contributed by atoms with Crippen LogP contribution in [-0.4, -0.2) is 24.2 Å². The van der Waals surface area contributed by atoms with Gasteiger partial charge in [0.25, 0.3) is 5.91 Å². The van der Waals surface area contributed by atoms with Crippen molar-refractivity contribution in [2.45, 2.75) is 19.4 Å². The summed E-state index contributed by atoms with van der Waals surface area (Å²) < 4.78 is 11.9. The molecule has 1 amide bonds. The van der Waals surface area contributed by atoms with Gasteiger partial charge in [-0.25, -0.2) is 10.2 Å². The molecule has 1 atom stereocenters. The Balaban J connectivity index is 1.54. The lowest BCUT2D eigenvalue weighted by molar-refractivity contribution is -0.128. The lowest BCUT2D eigenvalue weighted by Gasteiger charge is -2.16. The Labute approximate surface area is 209 Å². The molecule has 0 aromatic heterocycles. The number of benzene rings is 3. The molecule has 33 heavy (non-hydrogen) atoms. The molecule has 3 rings (SSSR count). The van der Waals surface area contributed by atoms with E-state index in [4.69, 9.17) is 32.7 Å². The van der Waals surface area contributed by atoms with E-state index in [1.54, 1.807) is 66.7 Å². The Hall–Kier alpha value is -2.87. The summed E-state index contributed by atoms with van der Waals surface area (Å²) in [6, 6.07) is 18.4. The first kappa shape index (κ1) is 24.8. The van der Waals surface area contributed by atoms with E-state index in [0.29, 0.717) is 39.1 Å². The quantitative estimate of drug-likeness (QED) is 0.155. The minimum absolute atomic E-state index is 0.318. The molecule has 1 N–H and O–H groups in total. The number of hydrogen-bond donors (Lipinski definition) is 1. The maximum absolute atomic E-state index is 12.4. The van der Waals surface area contributed by atoms with Gasteiger partial charge in [-0.3, -0.25) is 4.79 Å². The van der Waals surface area contributed by atoms with E-state index in [1.165, 1.54) is 6.21 Å². The minimum Gasteiger partial charge on any atom is -0.479 e. The van der Waals surface area contributed by atoms with Crippen molar-refractivity contribution in [2.24, 2.45) is 5.10 Å². The summed E-state index contributed by atoms with van der Waals surface area (Å²) in [5.41, 5.74) is 3.60. The molecule has 0 fully saturated rings. The molecule has 3 aromatic carbocycles. The minimum atomic E-state index is -0.777. The zero-order chi connectivity index (χ0) is 23.8. The van der Waals surface area contributed by atoms with E-state index < -0.39 is 18.0 Å². The molecule has 3 aromatic rings. The molecular weight excluding hydrogens is 531 g/mol. The van der Waals surface area contributed by atoms with E-state index in [-0.39, 0.29) is 0 Å². The molecule has 0 saturated carbocycles. The molecule has 0 aliphatic rings. The van der Waals surface area contributed by atoms with Gasteiger partial charge >= 0.3 is 5.97 Å². The lowest BCUT2D eigenvalue weighted by atomic mass is 10.2. The largest absolute Gasteiger partial charge is 0.479 e. The zero-order valence-electron chi connectivity index (χ0n) is 17.4. The Morgan fingerprint density at radius 3 is 2.39 bits per heavy atom. The maximum Gasteiger partial charge on any atom is 0.343 e. The van der Waals surface area contributed by atoms with Crippen molar-refractivity contribution in [1.82, 2.24) is 5.43 Å².